The number of nitrogens with zero attached hydrogens (tertiary/aromatic N) is 3. The summed E-state index contributed by atoms with van der Waals surface area (Å²) < 4.78 is 41.3. The molecule has 1 fully saturated rings. The van der Waals surface area contributed by atoms with Gasteiger partial charge in [0.05, 0.1) is 13.1 Å². The smallest absolute Gasteiger partial charge is 0.422 e. The standard InChI is InChI=1S/C10H12F3N3O3/c1-15-3-2-14-7(15)9(18)4-16(5-9)8(17)19-6-10(11,12)13/h2-3,18H,4-6H2,1H3. The van der Waals surface area contributed by atoms with Crippen LogP contribution in [0.15, 0.2) is 12.4 Å². The normalized spacial score (nSPS) is 18.1. The molecule has 0 radical (unpaired) electrons. The van der Waals surface area contributed by atoms with Gasteiger partial charge in [-0.2, -0.15) is 13.2 Å². The predicted molar refractivity (Wildman–Crippen MR) is 56.1 cm³/mol. The van der Waals surface area contributed by atoms with E-state index < -0.39 is 24.5 Å². The number of hydrogen-bond donors (Lipinski definition) is 1. The molecule has 1 aliphatic heterocycles. The summed E-state index contributed by atoms with van der Waals surface area (Å²) in [5.74, 6) is 0.354. The van der Waals surface area contributed by atoms with E-state index in [-0.39, 0.29) is 13.1 Å². The number of hydrogen-bond acceptors (Lipinski definition) is 4. The van der Waals surface area contributed by atoms with Crippen molar-refractivity contribution in [3.63, 3.8) is 0 Å². The number of aromatic nitrogens is 2. The molecule has 0 spiro atoms. The van der Waals surface area contributed by atoms with E-state index in [1.807, 2.05) is 0 Å². The summed E-state index contributed by atoms with van der Waals surface area (Å²) in [4.78, 5) is 16.2. The van der Waals surface area contributed by atoms with Crippen LogP contribution < -0.4 is 0 Å². The second-order valence-corrected chi connectivity index (χ2v) is 4.42. The van der Waals surface area contributed by atoms with Crippen molar-refractivity contribution in [3.05, 3.63) is 18.2 Å². The molecule has 0 bridgehead atoms. The third kappa shape index (κ3) is 2.80. The monoisotopic (exact) mass is 279 g/mol. The lowest BCUT2D eigenvalue weighted by Gasteiger charge is -2.44. The Morgan fingerprint density at radius 3 is 2.68 bits per heavy atom. The van der Waals surface area contributed by atoms with Gasteiger partial charge in [0.1, 0.15) is 5.82 Å². The number of aryl methyl sites for hydroxylation is 1. The highest BCUT2D eigenvalue weighted by Gasteiger charge is 2.48. The van der Waals surface area contributed by atoms with Gasteiger partial charge in [0, 0.05) is 19.4 Å². The van der Waals surface area contributed by atoms with Crippen LogP contribution in [0, 0.1) is 0 Å². The molecule has 0 aromatic carbocycles. The molecule has 6 nitrogen and oxygen atoms in total. The minimum atomic E-state index is -4.56. The van der Waals surface area contributed by atoms with Crippen LogP contribution in [0.5, 0.6) is 0 Å². The second-order valence-electron chi connectivity index (χ2n) is 4.42. The molecule has 0 unspecified atom stereocenters. The fourth-order valence-corrected chi connectivity index (χ4v) is 1.90. The van der Waals surface area contributed by atoms with Crippen molar-refractivity contribution in [1.29, 1.82) is 0 Å². The van der Waals surface area contributed by atoms with Crippen LogP contribution in [0.4, 0.5) is 18.0 Å². The highest BCUT2D eigenvalue weighted by molar-refractivity contribution is 5.69. The number of likely N-dealkylation sites (tertiary alicyclic amines) is 1. The second kappa shape index (κ2) is 4.41. The number of aliphatic hydroxyl groups is 1. The lowest BCUT2D eigenvalue weighted by atomic mass is 9.94. The Balaban J connectivity index is 1.89. The Morgan fingerprint density at radius 1 is 1.58 bits per heavy atom. The maximum Gasteiger partial charge on any atom is 0.422 e. The van der Waals surface area contributed by atoms with Crippen LogP contribution in [0.1, 0.15) is 5.82 Å². The Hall–Kier alpha value is -1.77. The third-order valence-electron chi connectivity index (χ3n) is 2.76. The molecule has 0 atom stereocenters. The van der Waals surface area contributed by atoms with Crippen molar-refractivity contribution in [2.24, 2.45) is 7.05 Å². The van der Waals surface area contributed by atoms with Gasteiger partial charge >= 0.3 is 12.3 Å². The zero-order valence-corrected chi connectivity index (χ0v) is 10.0. The summed E-state index contributed by atoms with van der Waals surface area (Å²) in [6, 6.07) is 0. The number of ether oxygens (including phenoxy) is 1. The summed E-state index contributed by atoms with van der Waals surface area (Å²) in [6.45, 7) is -1.92. The van der Waals surface area contributed by atoms with E-state index >= 15 is 0 Å². The van der Waals surface area contributed by atoms with E-state index in [4.69, 9.17) is 0 Å². The Bertz CT molecular complexity index is 480. The Kier molecular flexibility index (Phi) is 3.17. The molecular weight excluding hydrogens is 267 g/mol. The van der Waals surface area contributed by atoms with Crippen LogP contribution in [-0.2, 0) is 17.4 Å². The van der Waals surface area contributed by atoms with E-state index in [0.717, 1.165) is 4.90 Å². The van der Waals surface area contributed by atoms with Crippen molar-refractivity contribution in [1.82, 2.24) is 14.5 Å². The van der Waals surface area contributed by atoms with Gasteiger partial charge in [0.15, 0.2) is 12.2 Å². The zero-order chi connectivity index (χ0) is 14.3. The van der Waals surface area contributed by atoms with Crippen molar-refractivity contribution in [2.75, 3.05) is 19.7 Å². The topological polar surface area (TPSA) is 67.6 Å². The first-order valence-electron chi connectivity index (χ1n) is 5.40. The largest absolute Gasteiger partial charge is 0.440 e. The maximum absolute atomic E-state index is 11.9. The molecular formula is C10H12F3N3O3. The number of amides is 1. The molecule has 0 aliphatic carbocycles. The van der Waals surface area contributed by atoms with Crippen molar-refractivity contribution >= 4 is 6.09 Å². The van der Waals surface area contributed by atoms with Gasteiger partial charge in [-0.15, -0.1) is 0 Å². The van der Waals surface area contributed by atoms with Gasteiger partial charge in [-0.05, 0) is 0 Å². The fourth-order valence-electron chi connectivity index (χ4n) is 1.90. The molecule has 1 N–H and O–H groups in total. The number of rotatable bonds is 2. The number of carbonyl (C=O) groups excluding carboxylic acids is 1. The molecule has 1 aromatic heterocycles. The van der Waals surface area contributed by atoms with E-state index in [0.29, 0.717) is 5.82 Å². The lowest BCUT2D eigenvalue weighted by Crippen LogP contribution is -2.62. The third-order valence-corrected chi connectivity index (χ3v) is 2.76. The van der Waals surface area contributed by atoms with Gasteiger partial charge in [-0.1, -0.05) is 0 Å². The number of halogens is 3. The highest BCUT2D eigenvalue weighted by atomic mass is 19.4. The minimum absolute atomic E-state index is 0.144. The van der Waals surface area contributed by atoms with Gasteiger partial charge in [0.2, 0.25) is 0 Å². The molecule has 0 saturated carbocycles. The van der Waals surface area contributed by atoms with Crippen molar-refractivity contribution < 1.29 is 27.8 Å². The van der Waals surface area contributed by atoms with Gasteiger partial charge in [-0.3, -0.25) is 0 Å². The molecule has 1 aliphatic rings. The first kappa shape index (κ1) is 13.7. The SMILES string of the molecule is Cn1ccnc1C1(O)CN(C(=O)OCC(F)(F)F)C1. The number of carbonyl (C=O) groups is 1. The molecule has 1 saturated heterocycles. The number of imidazole rings is 1. The highest BCUT2D eigenvalue weighted by Crippen LogP contribution is 2.31. The van der Waals surface area contributed by atoms with Crippen LogP contribution in [0.2, 0.25) is 0 Å². The molecule has 106 valence electrons. The summed E-state index contributed by atoms with van der Waals surface area (Å²) in [6.07, 6.45) is -2.55. The molecule has 1 aromatic rings. The number of alkyl halides is 3. The van der Waals surface area contributed by atoms with Crippen molar-refractivity contribution in [3.8, 4) is 0 Å². The van der Waals surface area contributed by atoms with Gasteiger partial charge in [0.25, 0.3) is 0 Å². The molecule has 9 heteroatoms. The van der Waals surface area contributed by atoms with E-state index in [2.05, 4.69) is 9.72 Å². The van der Waals surface area contributed by atoms with E-state index in [1.54, 1.807) is 17.8 Å². The zero-order valence-electron chi connectivity index (χ0n) is 10.0. The Labute approximate surface area is 106 Å². The van der Waals surface area contributed by atoms with Crippen LogP contribution in [0.25, 0.3) is 0 Å². The quantitative estimate of drug-likeness (QED) is 0.862. The lowest BCUT2D eigenvalue weighted by molar-refractivity contribution is -0.168. The predicted octanol–water partition coefficient (Wildman–Crippen LogP) is 0.622. The van der Waals surface area contributed by atoms with Crippen LogP contribution >= 0.6 is 0 Å². The first-order chi connectivity index (χ1) is 8.71. The molecule has 2 heterocycles. The van der Waals surface area contributed by atoms with Gasteiger partial charge in [-0.25, -0.2) is 9.78 Å². The molecule has 2 rings (SSSR count). The molecule has 19 heavy (non-hydrogen) atoms. The average Bonchev–Trinajstić information content (AvgIpc) is 2.67. The Morgan fingerprint density at radius 2 is 2.21 bits per heavy atom. The maximum atomic E-state index is 11.9. The van der Waals surface area contributed by atoms with Crippen LogP contribution in [-0.4, -0.2) is 51.5 Å². The van der Waals surface area contributed by atoms with Crippen LogP contribution in [0.3, 0.4) is 0 Å². The summed E-state index contributed by atoms with van der Waals surface area (Å²) in [5, 5.41) is 10.1. The van der Waals surface area contributed by atoms with Gasteiger partial charge < -0.3 is 19.3 Å². The summed E-state index contributed by atoms with van der Waals surface area (Å²) in [5.41, 5.74) is -1.34. The summed E-state index contributed by atoms with van der Waals surface area (Å²) >= 11 is 0. The summed E-state index contributed by atoms with van der Waals surface area (Å²) in [7, 11) is 1.67. The fraction of sp³-hybridized carbons (Fsp3) is 0.600. The number of β-amino-alcohol motifs (C(OH)–C–C–N with tert-alkyl or cyclic N) is 1. The first-order valence-corrected chi connectivity index (χ1v) is 5.40. The van der Waals surface area contributed by atoms with E-state index in [9.17, 15) is 23.1 Å². The van der Waals surface area contributed by atoms with Crippen molar-refractivity contribution in [2.45, 2.75) is 11.8 Å². The minimum Gasteiger partial charge on any atom is -0.440 e. The molecule has 1 amide bonds. The average molecular weight is 279 g/mol. The van der Waals surface area contributed by atoms with E-state index in [1.165, 1.54) is 6.20 Å².